The molecule has 1 aliphatic rings. The molecule has 0 amide bonds. The fraction of sp³-hybridized carbons (Fsp3) is 0.571. The Morgan fingerprint density at radius 2 is 1.88 bits per heavy atom. The van der Waals surface area contributed by atoms with Gasteiger partial charge in [0.05, 0.1) is 0 Å². The molecule has 2 rings (SSSR count). The molecule has 0 N–H and O–H groups in total. The van der Waals surface area contributed by atoms with Gasteiger partial charge in [-0.1, -0.05) is 25.1 Å². The van der Waals surface area contributed by atoms with Crippen LogP contribution in [-0.2, 0) is 0 Å². The second kappa shape index (κ2) is 5.90. The maximum atomic E-state index is 5.69. The van der Waals surface area contributed by atoms with Crippen molar-refractivity contribution in [2.75, 3.05) is 26.2 Å². The summed E-state index contributed by atoms with van der Waals surface area (Å²) in [5.41, 5.74) is 0. The standard InChI is InChI=1S/C14H21NO/c1-13-7-9-15(10-8-13)11-12-16-14-5-3-2-4-6-14/h2-6,13H,7-12H2,1H3. The number of para-hydroxylation sites is 1. The minimum Gasteiger partial charge on any atom is -0.492 e. The summed E-state index contributed by atoms with van der Waals surface area (Å²) in [4.78, 5) is 2.50. The predicted molar refractivity (Wildman–Crippen MR) is 66.8 cm³/mol. The number of likely N-dealkylation sites (tertiary alicyclic amines) is 1. The second-order valence-corrected chi connectivity index (χ2v) is 4.69. The topological polar surface area (TPSA) is 12.5 Å². The first kappa shape index (κ1) is 11.5. The summed E-state index contributed by atoms with van der Waals surface area (Å²) >= 11 is 0. The summed E-state index contributed by atoms with van der Waals surface area (Å²) in [5.74, 6) is 1.89. The van der Waals surface area contributed by atoms with Gasteiger partial charge < -0.3 is 4.74 Å². The Kier molecular flexibility index (Phi) is 4.23. The number of piperidine rings is 1. The van der Waals surface area contributed by atoms with E-state index in [2.05, 4.69) is 11.8 Å². The molecule has 2 heteroatoms. The number of hydrogen-bond donors (Lipinski definition) is 0. The average Bonchev–Trinajstić information content (AvgIpc) is 2.33. The van der Waals surface area contributed by atoms with E-state index in [9.17, 15) is 0 Å². The Hall–Kier alpha value is -1.02. The molecule has 0 unspecified atom stereocenters. The van der Waals surface area contributed by atoms with Gasteiger partial charge in [-0.2, -0.15) is 0 Å². The quantitative estimate of drug-likeness (QED) is 0.772. The van der Waals surface area contributed by atoms with Gasteiger partial charge in [0.15, 0.2) is 0 Å². The first-order valence-electron chi connectivity index (χ1n) is 6.25. The molecule has 1 fully saturated rings. The van der Waals surface area contributed by atoms with Crippen molar-refractivity contribution < 1.29 is 4.74 Å². The molecule has 1 aliphatic heterocycles. The highest BCUT2D eigenvalue weighted by Crippen LogP contribution is 2.15. The van der Waals surface area contributed by atoms with E-state index in [1.54, 1.807) is 0 Å². The minimum absolute atomic E-state index is 0.804. The van der Waals surface area contributed by atoms with Crippen LogP contribution in [0.4, 0.5) is 0 Å². The van der Waals surface area contributed by atoms with Gasteiger partial charge in [-0.15, -0.1) is 0 Å². The van der Waals surface area contributed by atoms with Crippen LogP contribution in [0.3, 0.4) is 0 Å². The smallest absolute Gasteiger partial charge is 0.119 e. The van der Waals surface area contributed by atoms with Gasteiger partial charge in [0.2, 0.25) is 0 Å². The monoisotopic (exact) mass is 219 g/mol. The number of benzene rings is 1. The van der Waals surface area contributed by atoms with Gasteiger partial charge in [-0.25, -0.2) is 0 Å². The summed E-state index contributed by atoms with van der Waals surface area (Å²) in [5, 5.41) is 0. The van der Waals surface area contributed by atoms with E-state index >= 15 is 0 Å². The van der Waals surface area contributed by atoms with Crippen LogP contribution in [0, 0.1) is 5.92 Å². The molecule has 0 aliphatic carbocycles. The molecule has 16 heavy (non-hydrogen) atoms. The first-order chi connectivity index (χ1) is 7.84. The molecule has 0 bridgehead atoms. The van der Waals surface area contributed by atoms with Gasteiger partial charge in [-0.05, 0) is 44.0 Å². The fourth-order valence-electron chi connectivity index (χ4n) is 2.09. The Morgan fingerprint density at radius 1 is 1.19 bits per heavy atom. The molecule has 0 atom stereocenters. The van der Waals surface area contributed by atoms with Crippen molar-refractivity contribution >= 4 is 0 Å². The van der Waals surface area contributed by atoms with E-state index in [0.29, 0.717) is 0 Å². The van der Waals surface area contributed by atoms with Gasteiger partial charge >= 0.3 is 0 Å². The van der Waals surface area contributed by atoms with Crippen LogP contribution in [0.25, 0.3) is 0 Å². The van der Waals surface area contributed by atoms with E-state index in [-0.39, 0.29) is 0 Å². The van der Waals surface area contributed by atoms with E-state index in [1.165, 1.54) is 25.9 Å². The van der Waals surface area contributed by atoms with Crippen LogP contribution in [-0.4, -0.2) is 31.1 Å². The lowest BCUT2D eigenvalue weighted by atomic mass is 9.99. The Morgan fingerprint density at radius 3 is 2.56 bits per heavy atom. The first-order valence-corrected chi connectivity index (χ1v) is 6.25. The Bertz CT molecular complexity index is 291. The highest BCUT2D eigenvalue weighted by Gasteiger charge is 2.14. The summed E-state index contributed by atoms with van der Waals surface area (Å²) in [6, 6.07) is 10.1. The molecular formula is C14H21NO. The van der Waals surface area contributed by atoms with E-state index in [1.807, 2.05) is 30.3 Å². The molecule has 0 spiro atoms. The zero-order valence-electron chi connectivity index (χ0n) is 10.1. The van der Waals surface area contributed by atoms with Crippen LogP contribution in [0.15, 0.2) is 30.3 Å². The van der Waals surface area contributed by atoms with E-state index < -0.39 is 0 Å². The molecule has 1 aromatic rings. The van der Waals surface area contributed by atoms with Gasteiger partial charge in [0, 0.05) is 6.54 Å². The molecule has 1 saturated heterocycles. The normalized spacial score (nSPS) is 18.6. The average molecular weight is 219 g/mol. The summed E-state index contributed by atoms with van der Waals surface area (Å²) in [6.07, 6.45) is 2.68. The number of hydrogen-bond acceptors (Lipinski definition) is 2. The SMILES string of the molecule is CC1CCN(CCOc2ccccc2)CC1. The maximum Gasteiger partial charge on any atom is 0.119 e. The molecular weight excluding hydrogens is 198 g/mol. The van der Waals surface area contributed by atoms with Crippen LogP contribution >= 0.6 is 0 Å². The molecule has 1 aromatic carbocycles. The predicted octanol–water partition coefficient (Wildman–Crippen LogP) is 2.80. The van der Waals surface area contributed by atoms with Crippen LogP contribution < -0.4 is 4.74 Å². The van der Waals surface area contributed by atoms with Crippen molar-refractivity contribution in [3.63, 3.8) is 0 Å². The highest BCUT2D eigenvalue weighted by atomic mass is 16.5. The number of nitrogens with zero attached hydrogens (tertiary/aromatic N) is 1. The number of ether oxygens (including phenoxy) is 1. The van der Waals surface area contributed by atoms with E-state index in [0.717, 1.165) is 24.8 Å². The van der Waals surface area contributed by atoms with Gasteiger partial charge in [-0.3, -0.25) is 4.90 Å². The van der Waals surface area contributed by atoms with Crippen molar-refractivity contribution in [1.82, 2.24) is 4.90 Å². The maximum absolute atomic E-state index is 5.69. The zero-order valence-corrected chi connectivity index (χ0v) is 10.1. The van der Waals surface area contributed by atoms with Crippen molar-refractivity contribution in [2.24, 2.45) is 5.92 Å². The van der Waals surface area contributed by atoms with Gasteiger partial charge in [0.25, 0.3) is 0 Å². The fourth-order valence-corrected chi connectivity index (χ4v) is 2.09. The minimum atomic E-state index is 0.804. The summed E-state index contributed by atoms with van der Waals surface area (Å²) in [7, 11) is 0. The van der Waals surface area contributed by atoms with Crippen LogP contribution in [0.5, 0.6) is 5.75 Å². The Labute approximate surface area is 98.2 Å². The number of rotatable bonds is 4. The Balaban J connectivity index is 1.65. The molecule has 0 saturated carbocycles. The van der Waals surface area contributed by atoms with Gasteiger partial charge in [0.1, 0.15) is 12.4 Å². The third-order valence-corrected chi connectivity index (χ3v) is 3.30. The van der Waals surface area contributed by atoms with Crippen molar-refractivity contribution in [3.8, 4) is 5.75 Å². The highest BCUT2D eigenvalue weighted by molar-refractivity contribution is 5.20. The zero-order chi connectivity index (χ0) is 11.2. The molecule has 2 nitrogen and oxygen atoms in total. The summed E-state index contributed by atoms with van der Waals surface area (Å²) < 4.78 is 5.69. The van der Waals surface area contributed by atoms with Crippen molar-refractivity contribution in [1.29, 1.82) is 0 Å². The molecule has 1 heterocycles. The summed E-state index contributed by atoms with van der Waals surface area (Å²) in [6.45, 7) is 6.68. The third kappa shape index (κ3) is 3.53. The lowest BCUT2D eigenvalue weighted by Gasteiger charge is -2.29. The molecule has 88 valence electrons. The van der Waals surface area contributed by atoms with Crippen molar-refractivity contribution in [2.45, 2.75) is 19.8 Å². The van der Waals surface area contributed by atoms with E-state index in [4.69, 9.17) is 4.74 Å². The lowest BCUT2D eigenvalue weighted by molar-refractivity contribution is 0.160. The lowest BCUT2D eigenvalue weighted by Crippen LogP contribution is -2.35. The second-order valence-electron chi connectivity index (χ2n) is 4.69. The van der Waals surface area contributed by atoms with Crippen LogP contribution in [0.1, 0.15) is 19.8 Å². The van der Waals surface area contributed by atoms with Crippen molar-refractivity contribution in [3.05, 3.63) is 30.3 Å². The largest absolute Gasteiger partial charge is 0.492 e. The molecule has 0 aromatic heterocycles. The third-order valence-electron chi connectivity index (χ3n) is 3.30. The molecule has 0 radical (unpaired) electrons. The van der Waals surface area contributed by atoms with Crippen LogP contribution in [0.2, 0.25) is 0 Å².